The fraction of sp³-hybridized carbons (Fsp3) is 0.357. The molecule has 0 fully saturated rings. The molecule has 0 unspecified atom stereocenters. The molecule has 1 aliphatic carbocycles. The van der Waals surface area contributed by atoms with Crippen molar-refractivity contribution in [1.82, 2.24) is 0 Å². The quantitative estimate of drug-likeness (QED) is 0.528. The molecule has 0 saturated carbocycles. The fourth-order valence-electron chi connectivity index (χ4n) is 1.37. The standard InChI is InChI=1S/C14H19/c1-2-4-6-8-10-12-14-13-11-9-7-5-3-1/h1-9H,10-14H2/b4-2-,5-3+,8-6+,9-7+. The summed E-state index contributed by atoms with van der Waals surface area (Å²) in [5, 5.41) is 0. The molecule has 14 heavy (non-hydrogen) atoms. The summed E-state index contributed by atoms with van der Waals surface area (Å²) in [5.41, 5.74) is 0. The molecule has 75 valence electrons. The van der Waals surface area contributed by atoms with Crippen LogP contribution in [-0.4, -0.2) is 0 Å². The molecule has 0 spiro atoms. The minimum Gasteiger partial charge on any atom is -0.0845 e. The van der Waals surface area contributed by atoms with Crippen LogP contribution < -0.4 is 0 Å². The van der Waals surface area contributed by atoms with Crippen molar-refractivity contribution in [1.29, 1.82) is 0 Å². The summed E-state index contributed by atoms with van der Waals surface area (Å²) in [7, 11) is 0. The summed E-state index contributed by atoms with van der Waals surface area (Å²) < 4.78 is 0. The largest absolute Gasteiger partial charge is 0.0845 e. The van der Waals surface area contributed by atoms with Gasteiger partial charge in [0.2, 0.25) is 0 Å². The molecule has 0 saturated heterocycles. The minimum atomic E-state index is 1.21. The van der Waals surface area contributed by atoms with Crippen LogP contribution in [0.3, 0.4) is 0 Å². The van der Waals surface area contributed by atoms with E-state index in [4.69, 9.17) is 0 Å². The Morgan fingerprint density at radius 1 is 0.500 bits per heavy atom. The highest BCUT2D eigenvalue weighted by Gasteiger charge is 1.85. The first-order valence-corrected chi connectivity index (χ1v) is 5.48. The molecule has 0 heteroatoms. The van der Waals surface area contributed by atoms with Crippen molar-refractivity contribution in [3.8, 4) is 0 Å². The van der Waals surface area contributed by atoms with Crippen molar-refractivity contribution in [3.05, 3.63) is 55.0 Å². The maximum Gasteiger partial charge on any atom is 0.00506 e. The van der Waals surface area contributed by atoms with Gasteiger partial charge in [-0.05, 0) is 25.7 Å². The highest BCUT2D eigenvalue weighted by molar-refractivity contribution is 5.17. The molecule has 0 aromatic heterocycles. The lowest BCUT2D eigenvalue weighted by molar-refractivity contribution is 0.696. The lowest BCUT2D eigenvalue weighted by Gasteiger charge is -1.94. The molecule has 0 aromatic carbocycles. The van der Waals surface area contributed by atoms with Crippen LogP contribution in [0.25, 0.3) is 0 Å². The zero-order valence-corrected chi connectivity index (χ0v) is 8.73. The van der Waals surface area contributed by atoms with Crippen molar-refractivity contribution < 1.29 is 0 Å². The van der Waals surface area contributed by atoms with E-state index in [-0.39, 0.29) is 0 Å². The molecule has 0 N–H and O–H groups in total. The summed E-state index contributed by atoms with van der Waals surface area (Å²) >= 11 is 0. The van der Waals surface area contributed by atoms with Gasteiger partial charge in [0, 0.05) is 6.42 Å². The van der Waals surface area contributed by atoms with Gasteiger partial charge >= 0.3 is 0 Å². The van der Waals surface area contributed by atoms with E-state index < -0.39 is 0 Å². The van der Waals surface area contributed by atoms with E-state index in [0.717, 1.165) is 0 Å². The number of hydrogen-bond acceptors (Lipinski definition) is 0. The predicted octanol–water partition coefficient (Wildman–Crippen LogP) is 4.38. The van der Waals surface area contributed by atoms with Crippen molar-refractivity contribution in [2.75, 3.05) is 0 Å². The van der Waals surface area contributed by atoms with Crippen molar-refractivity contribution in [2.45, 2.75) is 32.1 Å². The zero-order valence-electron chi connectivity index (χ0n) is 8.73. The SMILES string of the molecule is [CH]1/C=C\C=C\CCCCC/C=C/C=C/1. The van der Waals surface area contributed by atoms with Gasteiger partial charge in [-0.3, -0.25) is 0 Å². The Kier molecular flexibility index (Phi) is 6.74. The first-order valence-electron chi connectivity index (χ1n) is 5.48. The molecule has 0 heterocycles. The van der Waals surface area contributed by atoms with Gasteiger partial charge in [-0.15, -0.1) is 0 Å². The molecule has 1 rings (SSSR count). The van der Waals surface area contributed by atoms with Gasteiger partial charge in [-0.1, -0.05) is 55.0 Å². The van der Waals surface area contributed by atoms with Crippen LogP contribution in [0.1, 0.15) is 32.1 Å². The molecule has 0 bridgehead atoms. The molecule has 0 nitrogen and oxygen atoms in total. The molecule has 0 atom stereocenters. The third-order valence-electron chi connectivity index (χ3n) is 2.18. The van der Waals surface area contributed by atoms with Gasteiger partial charge in [-0.2, -0.15) is 0 Å². The minimum absolute atomic E-state index is 1.21. The van der Waals surface area contributed by atoms with Crippen LogP contribution in [0.4, 0.5) is 0 Å². The summed E-state index contributed by atoms with van der Waals surface area (Å²) in [4.78, 5) is 0. The van der Waals surface area contributed by atoms with E-state index in [1.807, 2.05) is 0 Å². The molecule has 0 amide bonds. The Morgan fingerprint density at radius 3 is 1.64 bits per heavy atom. The van der Waals surface area contributed by atoms with E-state index in [9.17, 15) is 0 Å². The van der Waals surface area contributed by atoms with E-state index in [1.165, 1.54) is 32.1 Å². The van der Waals surface area contributed by atoms with Crippen molar-refractivity contribution in [3.63, 3.8) is 0 Å². The Labute approximate surface area is 87.7 Å². The van der Waals surface area contributed by atoms with Gasteiger partial charge in [0.15, 0.2) is 0 Å². The smallest absolute Gasteiger partial charge is 0.00506 e. The van der Waals surface area contributed by atoms with Crippen LogP contribution in [0.15, 0.2) is 48.6 Å². The second-order valence-corrected chi connectivity index (χ2v) is 3.46. The molecule has 0 aliphatic heterocycles. The Hall–Kier alpha value is -1.04. The van der Waals surface area contributed by atoms with Crippen LogP contribution in [0, 0.1) is 6.42 Å². The normalized spacial score (nSPS) is 28.6. The van der Waals surface area contributed by atoms with Gasteiger partial charge in [0.1, 0.15) is 0 Å². The van der Waals surface area contributed by atoms with E-state index in [1.54, 1.807) is 0 Å². The van der Waals surface area contributed by atoms with Gasteiger partial charge in [-0.25, -0.2) is 0 Å². The third kappa shape index (κ3) is 6.47. The van der Waals surface area contributed by atoms with Crippen LogP contribution in [0.5, 0.6) is 0 Å². The molecule has 1 aliphatic rings. The number of allylic oxidation sites excluding steroid dienone is 8. The summed E-state index contributed by atoms with van der Waals surface area (Å²) in [6.45, 7) is 0. The van der Waals surface area contributed by atoms with Crippen LogP contribution >= 0.6 is 0 Å². The first kappa shape index (κ1) is 11.0. The van der Waals surface area contributed by atoms with Gasteiger partial charge in [0.25, 0.3) is 0 Å². The monoisotopic (exact) mass is 187 g/mol. The van der Waals surface area contributed by atoms with Crippen LogP contribution in [0.2, 0.25) is 0 Å². The average Bonchev–Trinajstić information content (AvgIpc) is 2.22. The summed E-state index contributed by atoms with van der Waals surface area (Å²) in [6, 6.07) is 0. The lowest BCUT2D eigenvalue weighted by atomic mass is 10.1. The molecule has 1 radical (unpaired) electrons. The Balaban J connectivity index is 2.35. The zero-order chi connectivity index (χ0) is 9.90. The van der Waals surface area contributed by atoms with Crippen molar-refractivity contribution in [2.24, 2.45) is 0 Å². The number of rotatable bonds is 0. The molecule has 0 aromatic rings. The third-order valence-corrected chi connectivity index (χ3v) is 2.18. The van der Waals surface area contributed by atoms with E-state index in [2.05, 4.69) is 55.0 Å². The number of hydrogen-bond donors (Lipinski definition) is 0. The second-order valence-electron chi connectivity index (χ2n) is 3.46. The summed E-state index contributed by atoms with van der Waals surface area (Å²) in [6.07, 6.45) is 25.5. The highest BCUT2D eigenvalue weighted by Crippen LogP contribution is 2.05. The maximum absolute atomic E-state index is 2.25. The Morgan fingerprint density at radius 2 is 1.07 bits per heavy atom. The predicted molar refractivity (Wildman–Crippen MR) is 63.9 cm³/mol. The molecular weight excluding hydrogens is 168 g/mol. The Bertz CT molecular complexity index is 204. The topological polar surface area (TPSA) is 0 Å². The first-order chi connectivity index (χ1) is 7.00. The average molecular weight is 187 g/mol. The van der Waals surface area contributed by atoms with Gasteiger partial charge < -0.3 is 0 Å². The highest BCUT2D eigenvalue weighted by atomic mass is 13.9. The fourth-order valence-corrected chi connectivity index (χ4v) is 1.37. The van der Waals surface area contributed by atoms with E-state index in [0.29, 0.717) is 0 Å². The maximum atomic E-state index is 2.25. The van der Waals surface area contributed by atoms with Crippen molar-refractivity contribution >= 4 is 0 Å². The van der Waals surface area contributed by atoms with Gasteiger partial charge in [0.05, 0.1) is 0 Å². The lowest BCUT2D eigenvalue weighted by Crippen LogP contribution is -1.74. The second kappa shape index (κ2) is 8.55. The van der Waals surface area contributed by atoms with Crippen LogP contribution in [-0.2, 0) is 0 Å². The van der Waals surface area contributed by atoms with E-state index >= 15 is 0 Å². The summed E-state index contributed by atoms with van der Waals surface area (Å²) in [5.74, 6) is 0. The molecular formula is C14H19.